The van der Waals surface area contributed by atoms with Gasteiger partial charge in [-0.05, 0) is 24.5 Å². The van der Waals surface area contributed by atoms with Crippen LogP contribution in [0.25, 0.3) is 0 Å². The number of halogens is 2. The first-order chi connectivity index (χ1) is 8.88. The number of hydrogen-bond donors (Lipinski definition) is 2. The highest BCUT2D eigenvalue weighted by atomic mass is 19.1. The van der Waals surface area contributed by atoms with Crippen molar-refractivity contribution in [3.8, 4) is 0 Å². The van der Waals surface area contributed by atoms with Crippen molar-refractivity contribution in [2.75, 3.05) is 0 Å². The quantitative estimate of drug-likeness (QED) is 0.830. The van der Waals surface area contributed by atoms with Crippen LogP contribution in [-0.4, -0.2) is 23.0 Å². The first-order valence-corrected chi connectivity index (χ1v) is 5.81. The molecule has 0 saturated carbocycles. The second-order valence-corrected chi connectivity index (χ2v) is 4.27. The van der Waals surface area contributed by atoms with Crippen LogP contribution < -0.4 is 5.32 Å². The Kier molecular flexibility index (Phi) is 5.41. The van der Waals surface area contributed by atoms with Crippen LogP contribution in [0.5, 0.6) is 0 Å². The van der Waals surface area contributed by atoms with Gasteiger partial charge in [-0.3, -0.25) is 9.59 Å². The maximum absolute atomic E-state index is 13.5. The minimum atomic E-state index is -0.991. The highest BCUT2D eigenvalue weighted by molar-refractivity contribution is 5.73. The normalized spacial score (nSPS) is 11.9. The van der Waals surface area contributed by atoms with Gasteiger partial charge in [0.05, 0.1) is 0 Å². The predicted octanol–water partition coefficient (Wildman–Crippen LogP) is 1.88. The molecule has 1 amide bonds. The summed E-state index contributed by atoms with van der Waals surface area (Å²) >= 11 is 0. The van der Waals surface area contributed by atoms with Gasteiger partial charge in [-0.2, -0.15) is 0 Å². The van der Waals surface area contributed by atoms with E-state index in [0.29, 0.717) is 0 Å². The lowest BCUT2D eigenvalue weighted by Crippen LogP contribution is -2.35. The van der Waals surface area contributed by atoms with Crippen molar-refractivity contribution < 1.29 is 23.5 Å². The summed E-state index contributed by atoms with van der Waals surface area (Å²) in [6.07, 6.45) is 0.179. The van der Waals surface area contributed by atoms with Gasteiger partial charge >= 0.3 is 5.97 Å². The van der Waals surface area contributed by atoms with Gasteiger partial charge in [0.2, 0.25) is 5.91 Å². The van der Waals surface area contributed by atoms with Gasteiger partial charge in [0.15, 0.2) is 0 Å². The minimum Gasteiger partial charge on any atom is -0.481 e. The van der Waals surface area contributed by atoms with E-state index in [2.05, 4.69) is 5.32 Å². The Morgan fingerprint density at radius 2 is 2.05 bits per heavy atom. The van der Waals surface area contributed by atoms with E-state index >= 15 is 0 Å². The van der Waals surface area contributed by atoms with Gasteiger partial charge in [-0.1, -0.05) is 6.07 Å². The number of benzene rings is 1. The van der Waals surface area contributed by atoms with Gasteiger partial charge in [0.1, 0.15) is 11.6 Å². The Balaban J connectivity index is 2.74. The van der Waals surface area contributed by atoms with Crippen LogP contribution in [0.4, 0.5) is 8.78 Å². The molecule has 1 aromatic rings. The van der Waals surface area contributed by atoms with Crippen LogP contribution in [0, 0.1) is 11.6 Å². The van der Waals surface area contributed by atoms with Crippen molar-refractivity contribution in [2.45, 2.75) is 32.2 Å². The van der Waals surface area contributed by atoms with Crippen LogP contribution in [0.1, 0.15) is 25.3 Å². The minimum absolute atomic E-state index is 0.124. The molecule has 19 heavy (non-hydrogen) atoms. The molecular weight excluding hydrogens is 256 g/mol. The van der Waals surface area contributed by atoms with Crippen molar-refractivity contribution in [3.63, 3.8) is 0 Å². The first-order valence-electron chi connectivity index (χ1n) is 5.81. The number of nitrogens with one attached hydrogen (secondary N) is 1. The number of carbonyl (C=O) groups is 2. The van der Waals surface area contributed by atoms with Crippen LogP contribution in [-0.2, 0) is 16.0 Å². The Bertz CT molecular complexity index is 477. The molecule has 0 spiro atoms. The van der Waals surface area contributed by atoms with E-state index in [1.807, 2.05) is 0 Å². The fourth-order valence-corrected chi connectivity index (χ4v) is 1.76. The zero-order chi connectivity index (χ0) is 14.4. The summed E-state index contributed by atoms with van der Waals surface area (Å²) < 4.78 is 26.2. The van der Waals surface area contributed by atoms with E-state index in [0.717, 1.165) is 12.1 Å². The number of carbonyl (C=O) groups excluding carboxylic acids is 1. The van der Waals surface area contributed by atoms with Gasteiger partial charge in [0.25, 0.3) is 0 Å². The summed E-state index contributed by atoms with van der Waals surface area (Å²) in [7, 11) is 0. The third-order valence-electron chi connectivity index (χ3n) is 2.60. The zero-order valence-corrected chi connectivity index (χ0v) is 10.5. The topological polar surface area (TPSA) is 66.4 Å². The molecule has 2 N–H and O–H groups in total. The third-order valence-corrected chi connectivity index (χ3v) is 2.60. The van der Waals surface area contributed by atoms with E-state index in [1.54, 1.807) is 0 Å². The number of rotatable bonds is 6. The number of amides is 1. The Labute approximate surface area is 109 Å². The SMILES string of the molecule is CC(=O)NC(CCC(=O)O)Cc1ccc(F)cc1F. The van der Waals surface area contributed by atoms with Crippen molar-refractivity contribution in [2.24, 2.45) is 0 Å². The second kappa shape index (κ2) is 6.82. The molecule has 104 valence electrons. The molecule has 0 heterocycles. The Hall–Kier alpha value is -1.98. The Morgan fingerprint density at radius 3 is 2.58 bits per heavy atom. The largest absolute Gasteiger partial charge is 0.481 e. The molecule has 0 saturated heterocycles. The molecule has 1 aromatic carbocycles. The molecular formula is C13H15F2NO3. The number of carboxylic acid groups (broad SMARTS) is 1. The van der Waals surface area contributed by atoms with Gasteiger partial charge in [0, 0.05) is 25.5 Å². The molecule has 0 radical (unpaired) electrons. The molecule has 4 nitrogen and oxygen atoms in total. The highest BCUT2D eigenvalue weighted by Crippen LogP contribution is 2.14. The van der Waals surface area contributed by atoms with E-state index in [9.17, 15) is 18.4 Å². The maximum atomic E-state index is 13.5. The molecule has 0 fully saturated rings. The lowest BCUT2D eigenvalue weighted by atomic mass is 10.0. The fraction of sp³-hybridized carbons (Fsp3) is 0.385. The number of hydrogen-bond acceptors (Lipinski definition) is 2. The molecule has 0 bridgehead atoms. The lowest BCUT2D eigenvalue weighted by Gasteiger charge is -2.17. The molecule has 1 unspecified atom stereocenters. The zero-order valence-electron chi connectivity index (χ0n) is 10.5. The monoisotopic (exact) mass is 271 g/mol. The smallest absolute Gasteiger partial charge is 0.303 e. The molecule has 1 rings (SSSR count). The average molecular weight is 271 g/mol. The molecule has 1 atom stereocenters. The molecule has 0 aromatic heterocycles. The van der Waals surface area contributed by atoms with Gasteiger partial charge in [-0.15, -0.1) is 0 Å². The van der Waals surface area contributed by atoms with E-state index in [-0.39, 0.29) is 30.7 Å². The Morgan fingerprint density at radius 1 is 1.37 bits per heavy atom. The summed E-state index contributed by atoms with van der Waals surface area (Å²) in [6, 6.07) is 2.69. The molecule has 0 aliphatic rings. The van der Waals surface area contributed by atoms with Crippen LogP contribution >= 0.6 is 0 Å². The van der Waals surface area contributed by atoms with Crippen molar-refractivity contribution in [1.29, 1.82) is 0 Å². The second-order valence-electron chi connectivity index (χ2n) is 4.27. The standard InChI is InChI=1S/C13H15F2NO3/c1-8(17)16-11(4-5-13(18)19)6-9-2-3-10(14)7-12(9)15/h2-3,7,11H,4-6H2,1H3,(H,16,17)(H,18,19). The van der Waals surface area contributed by atoms with Crippen LogP contribution in [0.15, 0.2) is 18.2 Å². The lowest BCUT2D eigenvalue weighted by molar-refractivity contribution is -0.137. The van der Waals surface area contributed by atoms with Crippen molar-refractivity contribution in [1.82, 2.24) is 5.32 Å². The predicted molar refractivity (Wildman–Crippen MR) is 64.5 cm³/mol. The van der Waals surface area contributed by atoms with E-state index in [4.69, 9.17) is 5.11 Å². The molecule has 6 heteroatoms. The van der Waals surface area contributed by atoms with Crippen LogP contribution in [0.3, 0.4) is 0 Å². The summed E-state index contributed by atoms with van der Waals surface area (Å²) in [5.74, 6) is -2.69. The summed E-state index contributed by atoms with van der Waals surface area (Å²) in [4.78, 5) is 21.5. The van der Waals surface area contributed by atoms with Crippen LogP contribution in [0.2, 0.25) is 0 Å². The molecule has 0 aliphatic heterocycles. The maximum Gasteiger partial charge on any atom is 0.303 e. The first kappa shape index (κ1) is 15.1. The summed E-state index contributed by atoms with van der Waals surface area (Å²) in [5, 5.41) is 11.2. The van der Waals surface area contributed by atoms with E-state index in [1.165, 1.54) is 13.0 Å². The van der Waals surface area contributed by atoms with E-state index < -0.39 is 23.6 Å². The van der Waals surface area contributed by atoms with Crippen molar-refractivity contribution >= 4 is 11.9 Å². The summed E-state index contributed by atoms with van der Waals surface area (Å²) in [6.45, 7) is 1.30. The van der Waals surface area contributed by atoms with Gasteiger partial charge in [-0.25, -0.2) is 8.78 Å². The fourth-order valence-electron chi connectivity index (χ4n) is 1.76. The third kappa shape index (κ3) is 5.46. The van der Waals surface area contributed by atoms with Gasteiger partial charge < -0.3 is 10.4 Å². The highest BCUT2D eigenvalue weighted by Gasteiger charge is 2.15. The average Bonchev–Trinajstić information content (AvgIpc) is 2.28. The number of carboxylic acids is 1. The number of aliphatic carboxylic acids is 1. The molecule has 0 aliphatic carbocycles. The van der Waals surface area contributed by atoms with Crippen molar-refractivity contribution in [3.05, 3.63) is 35.4 Å². The summed E-state index contributed by atoms with van der Waals surface area (Å²) in [5.41, 5.74) is 0.241.